The molecule has 1 atom stereocenters. The molecule has 0 unspecified atom stereocenters. The summed E-state index contributed by atoms with van der Waals surface area (Å²) in [7, 11) is 3.23. The van der Waals surface area contributed by atoms with Gasteiger partial charge in [0, 0.05) is 12.5 Å². The summed E-state index contributed by atoms with van der Waals surface area (Å²) in [5, 5.41) is 0. The van der Waals surface area contributed by atoms with Gasteiger partial charge in [-0.25, -0.2) is 4.99 Å². The minimum Gasteiger partial charge on any atom is -0.493 e. The molecule has 0 amide bonds. The fraction of sp³-hybridized carbons (Fsp3) is 0.412. The second-order valence-corrected chi connectivity index (χ2v) is 5.38. The van der Waals surface area contributed by atoms with Crippen molar-refractivity contribution in [2.75, 3.05) is 20.8 Å². The molecule has 1 fully saturated rings. The summed E-state index contributed by atoms with van der Waals surface area (Å²) in [6, 6.07) is 5.57. The van der Waals surface area contributed by atoms with Gasteiger partial charge in [0.15, 0.2) is 17.4 Å². The van der Waals surface area contributed by atoms with Gasteiger partial charge < -0.3 is 14.2 Å². The zero-order valence-electron chi connectivity index (χ0n) is 13.1. The molecule has 2 aliphatic rings. The van der Waals surface area contributed by atoms with E-state index >= 15 is 0 Å². The van der Waals surface area contributed by atoms with E-state index in [1.807, 2.05) is 18.2 Å². The van der Waals surface area contributed by atoms with Gasteiger partial charge in [0.25, 0.3) is 0 Å². The Balaban J connectivity index is 1.89. The van der Waals surface area contributed by atoms with Crippen LogP contribution in [0.25, 0.3) is 0 Å². The number of hydrogen-bond donors (Lipinski definition) is 0. The van der Waals surface area contributed by atoms with Crippen LogP contribution in [0.1, 0.15) is 19.8 Å². The Hall–Kier alpha value is -2.30. The lowest BCUT2D eigenvalue weighted by Crippen LogP contribution is -2.25. The lowest BCUT2D eigenvalue weighted by atomic mass is 9.81. The summed E-state index contributed by atoms with van der Waals surface area (Å²) >= 11 is 0. The zero-order valence-corrected chi connectivity index (χ0v) is 13.1. The molecule has 5 heteroatoms. The number of fused-ring (bicyclic) bond motifs is 1. The molecule has 0 saturated carbocycles. The van der Waals surface area contributed by atoms with Gasteiger partial charge in [0.05, 0.1) is 31.9 Å². The molecule has 0 spiro atoms. The summed E-state index contributed by atoms with van der Waals surface area (Å²) in [5.74, 6) is 2.82. The lowest BCUT2D eigenvalue weighted by molar-refractivity contribution is 0.355. The number of rotatable bonds is 4. The molecular weight excluding hydrogens is 280 g/mol. The molecule has 0 radical (unpaired) electrons. The van der Waals surface area contributed by atoms with Crippen molar-refractivity contribution in [1.82, 2.24) is 0 Å². The van der Waals surface area contributed by atoms with Crippen molar-refractivity contribution in [1.29, 1.82) is 0 Å². The fourth-order valence-corrected chi connectivity index (χ4v) is 2.82. The Labute approximate surface area is 130 Å². The maximum Gasteiger partial charge on any atom is 0.202 e. The number of nitrogens with zero attached hydrogens (tertiary/aromatic N) is 2. The first-order valence-electron chi connectivity index (χ1n) is 7.41. The van der Waals surface area contributed by atoms with E-state index in [0.29, 0.717) is 23.9 Å². The molecule has 1 aromatic carbocycles. The number of hydrogen-bond acceptors (Lipinski definition) is 5. The summed E-state index contributed by atoms with van der Waals surface area (Å²) in [4.78, 5) is 9.07. The van der Waals surface area contributed by atoms with E-state index in [1.165, 1.54) is 0 Å². The van der Waals surface area contributed by atoms with E-state index in [2.05, 4.69) is 29.1 Å². The van der Waals surface area contributed by atoms with Crippen LogP contribution in [0, 0.1) is 5.41 Å². The van der Waals surface area contributed by atoms with Crippen molar-refractivity contribution in [2.24, 2.45) is 15.4 Å². The van der Waals surface area contributed by atoms with Crippen LogP contribution in [0.15, 0.2) is 40.3 Å². The van der Waals surface area contributed by atoms with Crippen molar-refractivity contribution in [3.63, 3.8) is 0 Å². The first kappa shape index (κ1) is 14.6. The van der Waals surface area contributed by atoms with E-state index in [4.69, 9.17) is 14.2 Å². The molecule has 0 aliphatic carbocycles. The van der Waals surface area contributed by atoms with Gasteiger partial charge in [-0.3, -0.25) is 4.99 Å². The Kier molecular flexibility index (Phi) is 3.88. The molecule has 2 heterocycles. The average molecular weight is 300 g/mol. The second kappa shape index (κ2) is 5.83. The fourth-order valence-electron chi connectivity index (χ4n) is 2.82. The van der Waals surface area contributed by atoms with Crippen molar-refractivity contribution in [3.8, 4) is 11.5 Å². The maximum atomic E-state index is 5.87. The lowest BCUT2D eigenvalue weighted by Gasteiger charge is -2.22. The molecular formula is C17H20N2O3. The third kappa shape index (κ3) is 2.47. The maximum absolute atomic E-state index is 5.87. The van der Waals surface area contributed by atoms with Gasteiger partial charge in [-0.2, -0.15) is 0 Å². The average Bonchev–Trinajstić information content (AvgIpc) is 2.93. The highest BCUT2D eigenvalue weighted by Gasteiger charge is 2.43. The van der Waals surface area contributed by atoms with E-state index in [-0.39, 0.29) is 5.41 Å². The standard InChI is InChI=1S/C17H20N2O3/c1-4-17-8-5-9-18-16(17)22-15(11-17)19-12-6-7-13(20-2)14(10-12)21-3/h5-8,10H,4,9,11H2,1-3H3/t17-/m0/s1. The molecule has 22 heavy (non-hydrogen) atoms. The normalized spacial score (nSPS) is 24.7. The Morgan fingerprint density at radius 2 is 2.09 bits per heavy atom. The second-order valence-electron chi connectivity index (χ2n) is 5.38. The van der Waals surface area contributed by atoms with Gasteiger partial charge in [0.2, 0.25) is 5.90 Å². The van der Waals surface area contributed by atoms with Crippen LogP contribution in [-0.2, 0) is 4.74 Å². The van der Waals surface area contributed by atoms with Crippen molar-refractivity contribution in [2.45, 2.75) is 19.8 Å². The van der Waals surface area contributed by atoms with Crippen LogP contribution < -0.4 is 9.47 Å². The summed E-state index contributed by atoms with van der Waals surface area (Å²) in [5.41, 5.74) is 0.662. The molecule has 0 bridgehead atoms. The molecule has 5 nitrogen and oxygen atoms in total. The number of ether oxygens (including phenoxy) is 3. The van der Waals surface area contributed by atoms with Crippen LogP contribution in [0.2, 0.25) is 0 Å². The largest absolute Gasteiger partial charge is 0.493 e. The SMILES string of the molecule is CC[C@@]12C=CCN=C1OC(=Nc1ccc(OC)c(OC)c1)C2. The van der Waals surface area contributed by atoms with E-state index in [1.54, 1.807) is 14.2 Å². The van der Waals surface area contributed by atoms with E-state index in [9.17, 15) is 0 Å². The van der Waals surface area contributed by atoms with Gasteiger partial charge in [-0.05, 0) is 18.6 Å². The predicted molar refractivity (Wildman–Crippen MR) is 86.5 cm³/mol. The van der Waals surface area contributed by atoms with Crippen molar-refractivity contribution >= 4 is 17.5 Å². The Bertz CT molecular complexity index is 664. The smallest absolute Gasteiger partial charge is 0.202 e. The highest BCUT2D eigenvalue weighted by Crippen LogP contribution is 2.40. The molecule has 2 aliphatic heterocycles. The molecule has 0 aromatic heterocycles. The quantitative estimate of drug-likeness (QED) is 0.799. The summed E-state index contributed by atoms with van der Waals surface area (Å²) in [6.45, 7) is 2.83. The van der Waals surface area contributed by atoms with Gasteiger partial charge in [0.1, 0.15) is 0 Å². The molecule has 116 valence electrons. The molecule has 1 aromatic rings. The highest BCUT2D eigenvalue weighted by atomic mass is 16.5. The molecule has 0 N–H and O–H groups in total. The minimum atomic E-state index is -0.117. The van der Waals surface area contributed by atoms with Gasteiger partial charge in [-0.1, -0.05) is 19.1 Å². The number of methoxy groups -OCH3 is 2. The van der Waals surface area contributed by atoms with Crippen LogP contribution in [0.3, 0.4) is 0 Å². The number of benzene rings is 1. The molecule has 1 saturated heterocycles. The first-order chi connectivity index (χ1) is 10.7. The van der Waals surface area contributed by atoms with Gasteiger partial charge in [-0.15, -0.1) is 0 Å². The highest BCUT2D eigenvalue weighted by molar-refractivity contribution is 6.05. The van der Waals surface area contributed by atoms with Crippen molar-refractivity contribution < 1.29 is 14.2 Å². The summed E-state index contributed by atoms with van der Waals surface area (Å²) in [6.07, 6.45) is 5.99. The summed E-state index contributed by atoms with van der Waals surface area (Å²) < 4.78 is 16.4. The third-order valence-corrected chi connectivity index (χ3v) is 4.14. The van der Waals surface area contributed by atoms with Crippen molar-refractivity contribution in [3.05, 3.63) is 30.4 Å². The van der Waals surface area contributed by atoms with E-state index < -0.39 is 0 Å². The van der Waals surface area contributed by atoms with Gasteiger partial charge >= 0.3 is 0 Å². The Morgan fingerprint density at radius 1 is 1.27 bits per heavy atom. The third-order valence-electron chi connectivity index (χ3n) is 4.14. The Morgan fingerprint density at radius 3 is 2.77 bits per heavy atom. The van der Waals surface area contributed by atoms with Crippen LogP contribution in [0.4, 0.5) is 5.69 Å². The number of dihydropyridines is 1. The van der Waals surface area contributed by atoms with Crippen LogP contribution >= 0.6 is 0 Å². The molecule has 3 rings (SSSR count). The van der Waals surface area contributed by atoms with Crippen LogP contribution in [0.5, 0.6) is 11.5 Å². The number of aliphatic imine (C=N–C) groups is 2. The minimum absolute atomic E-state index is 0.117. The topological polar surface area (TPSA) is 52.4 Å². The predicted octanol–water partition coefficient (Wildman–Crippen LogP) is 3.52. The first-order valence-corrected chi connectivity index (χ1v) is 7.41. The van der Waals surface area contributed by atoms with E-state index in [0.717, 1.165) is 24.4 Å². The van der Waals surface area contributed by atoms with Crippen LogP contribution in [-0.4, -0.2) is 32.6 Å². The monoisotopic (exact) mass is 300 g/mol. The zero-order chi connectivity index (χ0) is 15.6.